The first kappa shape index (κ1) is 14.4. The molecule has 1 aliphatic rings. The van der Waals surface area contributed by atoms with Crippen molar-refractivity contribution in [3.05, 3.63) is 0 Å². The van der Waals surface area contributed by atoms with Crippen molar-refractivity contribution in [1.82, 2.24) is 10.2 Å². The van der Waals surface area contributed by atoms with Crippen LogP contribution in [0.5, 0.6) is 0 Å². The monoisotopic (exact) mass is 244 g/mol. The summed E-state index contributed by atoms with van der Waals surface area (Å²) in [6.45, 7) is 8.55. The van der Waals surface area contributed by atoms with Crippen molar-refractivity contribution in [2.45, 2.75) is 32.9 Å². The van der Waals surface area contributed by atoms with E-state index >= 15 is 0 Å². The molecule has 0 bridgehead atoms. The van der Waals surface area contributed by atoms with Crippen LogP contribution in [0.2, 0.25) is 0 Å². The molecular formula is C12H24N2O3. The summed E-state index contributed by atoms with van der Waals surface area (Å²) in [6.07, 6.45) is 0. The van der Waals surface area contributed by atoms with Gasteiger partial charge in [0.2, 0.25) is 5.91 Å². The van der Waals surface area contributed by atoms with E-state index in [0.29, 0.717) is 32.2 Å². The van der Waals surface area contributed by atoms with Gasteiger partial charge in [-0.1, -0.05) is 13.8 Å². The fourth-order valence-corrected chi connectivity index (χ4v) is 1.94. The minimum absolute atomic E-state index is 0.0269. The van der Waals surface area contributed by atoms with Crippen LogP contribution in [-0.2, 0) is 9.53 Å². The Morgan fingerprint density at radius 1 is 1.53 bits per heavy atom. The van der Waals surface area contributed by atoms with Gasteiger partial charge >= 0.3 is 0 Å². The number of carbonyl (C=O) groups is 1. The van der Waals surface area contributed by atoms with E-state index < -0.39 is 0 Å². The lowest BCUT2D eigenvalue weighted by Crippen LogP contribution is -2.56. The maximum Gasteiger partial charge on any atom is 0.237 e. The van der Waals surface area contributed by atoms with Gasteiger partial charge in [0.05, 0.1) is 31.9 Å². The Morgan fingerprint density at radius 2 is 2.24 bits per heavy atom. The molecule has 1 aliphatic heterocycles. The molecule has 0 saturated carbocycles. The number of aliphatic hydroxyl groups excluding tert-OH is 1. The molecule has 0 radical (unpaired) electrons. The summed E-state index contributed by atoms with van der Waals surface area (Å²) in [7, 11) is 0. The van der Waals surface area contributed by atoms with E-state index in [2.05, 4.69) is 19.2 Å². The Balaban J connectivity index is 2.48. The fourth-order valence-electron chi connectivity index (χ4n) is 1.94. The molecule has 0 aromatic rings. The van der Waals surface area contributed by atoms with Gasteiger partial charge in [0, 0.05) is 13.1 Å². The molecule has 2 atom stereocenters. The standard InChI is InChI=1S/C12H24N2O3/c1-9(2)6-13-12(16)10(3)14-4-5-17-8-11(14)7-15/h9-11,15H,4-8H2,1-3H3,(H,13,16). The Bertz CT molecular complexity index is 246. The molecule has 1 rings (SSSR count). The summed E-state index contributed by atoms with van der Waals surface area (Å²) in [5, 5.41) is 12.2. The largest absolute Gasteiger partial charge is 0.395 e. The van der Waals surface area contributed by atoms with Crippen LogP contribution in [0.4, 0.5) is 0 Å². The second-order valence-corrected chi connectivity index (χ2v) is 4.96. The first-order valence-electron chi connectivity index (χ1n) is 6.28. The summed E-state index contributed by atoms with van der Waals surface area (Å²) < 4.78 is 5.30. The minimum Gasteiger partial charge on any atom is -0.395 e. The average molecular weight is 244 g/mol. The zero-order chi connectivity index (χ0) is 12.8. The Kier molecular flexibility index (Phi) is 5.88. The average Bonchev–Trinajstić information content (AvgIpc) is 2.34. The predicted molar refractivity (Wildman–Crippen MR) is 65.7 cm³/mol. The molecule has 1 amide bonds. The highest BCUT2D eigenvalue weighted by Gasteiger charge is 2.30. The Labute approximate surface area is 103 Å². The number of nitrogens with zero attached hydrogens (tertiary/aromatic N) is 1. The van der Waals surface area contributed by atoms with Gasteiger partial charge in [-0.05, 0) is 12.8 Å². The van der Waals surface area contributed by atoms with Crippen LogP contribution in [0.1, 0.15) is 20.8 Å². The van der Waals surface area contributed by atoms with E-state index in [9.17, 15) is 9.90 Å². The number of hydrogen-bond donors (Lipinski definition) is 2. The third-order valence-electron chi connectivity index (χ3n) is 3.05. The summed E-state index contributed by atoms with van der Waals surface area (Å²) >= 11 is 0. The van der Waals surface area contributed by atoms with E-state index in [-0.39, 0.29) is 24.6 Å². The van der Waals surface area contributed by atoms with Crippen LogP contribution in [-0.4, -0.2) is 60.9 Å². The van der Waals surface area contributed by atoms with Crippen LogP contribution in [0.25, 0.3) is 0 Å². The molecule has 1 heterocycles. The normalized spacial score (nSPS) is 23.7. The van der Waals surface area contributed by atoms with Crippen LogP contribution in [0.3, 0.4) is 0 Å². The van der Waals surface area contributed by atoms with Crippen molar-refractivity contribution in [2.24, 2.45) is 5.92 Å². The van der Waals surface area contributed by atoms with E-state index in [1.807, 2.05) is 11.8 Å². The highest BCUT2D eigenvalue weighted by Crippen LogP contribution is 2.11. The molecule has 5 heteroatoms. The zero-order valence-corrected chi connectivity index (χ0v) is 11.0. The van der Waals surface area contributed by atoms with Crippen molar-refractivity contribution in [2.75, 3.05) is 32.9 Å². The first-order valence-corrected chi connectivity index (χ1v) is 6.28. The summed E-state index contributed by atoms with van der Waals surface area (Å²) in [4.78, 5) is 13.9. The lowest BCUT2D eigenvalue weighted by Gasteiger charge is -2.38. The number of carbonyl (C=O) groups excluding carboxylic acids is 1. The second-order valence-electron chi connectivity index (χ2n) is 4.96. The number of amides is 1. The molecule has 5 nitrogen and oxygen atoms in total. The molecule has 100 valence electrons. The Morgan fingerprint density at radius 3 is 2.82 bits per heavy atom. The van der Waals surface area contributed by atoms with Crippen LogP contribution >= 0.6 is 0 Å². The molecule has 0 aromatic heterocycles. The molecular weight excluding hydrogens is 220 g/mol. The SMILES string of the molecule is CC(C)CNC(=O)C(C)N1CCOCC1CO. The van der Waals surface area contributed by atoms with Gasteiger partial charge in [-0.25, -0.2) is 0 Å². The molecule has 0 aromatic carbocycles. The number of aliphatic hydroxyl groups is 1. The van der Waals surface area contributed by atoms with Gasteiger partial charge < -0.3 is 15.2 Å². The lowest BCUT2D eigenvalue weighted by molar-refractivity contribution is -0.130. The number of nitrogens with one attached hydrogen (secondary N) is 1. The van der Waals surface area contributed by atoms with Crippen molar-refractivity contribution in [3.8, 4) is 0 Å². The van der Waals surface area contributed by atoms with Gasteiger partial charge in [-0.15, -0.1) is 0 Å². The number of ether oxygens (including phenoxy) is 1. The van der Waals surface area contributed by atoms with Gasteiger partial charge in [-0.3, -0.25) is 9.69 Å². The maximum absolute atomic E-state index is 11.9. The molecule has 2 unspecified atom stereocenters. The van der Waals surface area contributed by atoms with Crippen LogP contribution < -0.4 is 5.32 Å². The molecule has 1 saturated heterocycles. The first-order chi connectivity index (χ1) is 8.06. The quantitative estimate of drug-likeness (QED) is 0.705. The topological polar surface area (TPSA) is 61.8 Å². The van der Waals surface area contributed by atoms with E-state index in [0.717, 1.165) is 0 Å². The van der Waals surface area contributed by atoms with E-state index in [4.69, 9.17) is 4.74 Å². The zero-order valence-electron chi connectivity index (χ0n) is 11.0. The van der Waals surface area contributed by atoms with Crippen molar-refractivity contribution in [1.29, 1.82) is 0 Å². The van der Waals surface area contributed by atoms with E-state index in [1.54, 1.807) is 0 Å². The molecule has 17 heavy (non-hydrogen) atoms. The molecule has 0 spiro atoms. The smallest absolute Gasteiger partial charge is 0.237 e. The number of rotatable bonds is 5. The van der Waals surface area contributed by atoms with Crippen molar-refractivity contribution < 1.29 is 14.6 Å². The van der Waals surface area contributed by atoms with Gasteiger partial charge in [-0.2, -0.15) is 0 Å². The van der Waals surface area contributed by atoms with Crippen molar-refractivity contribution >= 4 is 5.91 Å². The van der Waals surface area contributed by atoms with Gasteiger partial charge in [0.15, 0.2) is 0 Å². The second kappa shape index (κ2) is 6.93. The molecule has 2 N–H and O–H groups in total. The minimum atomic E-state index is -0.213. The summed E-state index contributed by atoms with van der Waals surface area (Å²) in [5.74, 6) is 0.475. The lowest BCUT2D eigenvalue weighted by atomic mass is 10.1. The predicted octanol–water partition coefficient (Wildman–Crippen LogP) is -0.160. The highest BCUT2D eigenvalue weighted by molar-refractivity contribution is 5.81. The van der Waals surface area contributed by atoms with Crippen LogP contribution in [0.15, 0.2) is 0 Å². The summed E-state index contributed by atoms with van der Waals surface area (Å²) in [5.41, 5.74) is 0. The molecule has 1 fully saturated rings. The van der Waals surface area contributed by atoms with Crippen molar-refractivity contribution in [3.63, 3.8) is 0 Å². The third kappa shape index (κ3) is 4.26. The third-order valence-corrected chi connectivity index (χ3v) is 3.05. The Hall–Kier alpha value is -0.650. The number of hydrogen-bond acceptors (Lipinski definition) is 4. The highest BCUT2D eigenvalue weighted by atomic mass is 16.5. The van der Waals surface area contributed by atoms with E-state index in [1.165, 1.54) is 0 Å². The summed E-state index contributed by atoms with van der Waals surface area (Å²) in [6, 6.07) is -0.279. The van der Waals surface area contributed by atoms with Crippen LogP contribution in [0, 0.1) is 5.92 Å². The fraction of sp³-hybridized carbons (Fsp3) is 0.917. The van der Waals surface area contributed by atoms with Gasteiger partial charge in [0.1, 0.15) is 0 Å². The number of morpholine rings is 1. The maximum atomic E-state index is 11.9. The van der Waals surface area contributed by atoms with Gasteiger partial charge in [0.25, 0.3) is 0 Å². The molecule has 0 aliphatic carbocycles.